The van der Waals surface area contributed by atoms with Gasteiger partial charge in [-0.2, -0.15) is 0 Å². The van der Waals surface area contributed by atoms with Crippen molar-refractivity contribution in [2.24, 2.45) is 0 Å². The highest BCUT2D eigenvalue weighted by molar-refractivity contribution is 6.18. The molecule has 0 aliphatic heterocycles. The minimum atomic E-state index is -0.411. The van der Waals surface area contributed by atoms with Crippen LogP contribution in [0.4, 0.5) is 0 Å². The van der Waals surface area contributed by atoms with Crippen molar-refractivity contribution < 1.29 is 9.59 Å². The lowest BCUT2D eigenvalue weighted by molar-refractivity contribution is -0.887. The first kappa shape index (κ1) is 11.0. The van der Waals surface area contributed by atoms with Gasteiger partial charge >= 0.3 is 0 Å². The van der Waals surface area contributed by atoms with E-state index < -0.39 is 6.10 Å². The Hall–Kier alpha value is -0.0500. The highest BCUT2D eigenvalue weighted by Gasteiger charge is 2.17. The van der Waals surface area contributed by atoms with Gasteiger partial charge in [0.1, 0.15) is 12.6 Å². The van der Waals surface area contributed by atoms with Gasteiger partial charge in [-0.05, 0) is 6.08 Å². The standard InChI is InChI=1S/C8H17ClNO/c1-4-5-10(2,3)7-8(11)6-9/h4,8,11H,1,5-7H2,2-3H3/q+1. The molecule has 0 rings (SSSR count). The molecule has 66 valence electrons. The predicted molar refractivity (Wildman–Crippen MR) is 48.8 cm³/mol. The Kier molecular flexibility index (Phi) is 4.73. The molecule has 0 fully saturated rings. The first-order chi connectivity index (χ1) is 5.02. The molecule has 0 aliphatic rings. The zero-order chi connectivity index (χ0) is 8.91. The van der Waals surface area contributed by atoms with Gasteiger partial charge in [0.15, 0.2) is 0 Å². The summed E-state index contributed by atoms with van der Waals surface area (Å²) in [5.41, 5.74) is 0. The van der Waals surface area contributed by atoms with Crippen LogP contribution in [0.15, 0.2) is 12.7 Å². The van der Waals surface area contributed by atoms with Crippen LogP contribution in [-0.4, -0.2) is 48.8 Å². The first-order valence-electron chi connectivity index (χ1n) is 3.69. The maximum absolute atomic E-state index is 9.24. The number of rotatable bonds is 5. The molecule has 1 atom stereocenters. The largest absolute Gasteiger partial charge is 0.386 e. The van der Waals surface area contributed by atoms with E-state index in [2.05, 4.69) is 6.58 Å². The van der Waals surface area contributed by atoms with E-state index in [4.69, 9.17) is 11.6 Å². The molecule has 0 aromatic carbocycles. The Labute approximate surface area is 73.7 Å². The fraction of sp³-hybridized carbons (Fsp3) is 0.750. The third-order valence-corrected chi connectivity index (χ3v) is 1.86. The van der Waals surface area contributed by atoms with Crippen molar-refractivity contribution in [3.63, 3.8) is 0 Å². The van der Waals surface area contributed by atoms with Gasteiger partial charge in [-0.15, -0.1) is 11.6 Å². The van der Waals surface area contributed by atoms with Gasteiger partial charge in [0, 0.05) is 0 Å². The number of likely N-dealkylation sites (N-methyl/N-ethyl adjacent to an activating group) is 1. The lowest BCUT2D eigenvalue weighted by atomic mass is 10.3. The normalized spacial score (nSPS) is 14.5. The van der Waals surface area contributed by atoms with E-state index in [1.165, 1.54) is 0 Å². The van der Waals surface area contributed by atoms with Crippen molar-refractivity contribution in [1.82, 2.24) is 0 Å². The number of nitrogens with zero attached hydrogens (tertiary/aromatic N) is 1. The molecule has 3 heteroatoms. The van der Waals surface area contributed by atoms with Crippen molar-refractivity contribution in [1.29, 1.82) is 0 Å². The van der Waals surface area contributed by atoms with Gasteiger partial charge in [-0.3, -0.25) is 0 Å². The molecule has 2 nitrogen and oxygen atoms in total. The van der Waals surface area contributed by atoms with E-state index in [1.54, 1.807) is 0 Å². The lowest BCUT2D eigenvalue weighted by Crippen LogP contribution is -2.45. The maximum Gasteiger partial charge on any atom is 0.116 e. The summed E-state index contributed by atoms with van der Waals surface area (Å²) < 4.78 is 0.734. The Morgan fingerprint density at radius 1 is 1.64 bits per heavy atom. The van der Waals surface area contributed by atoms with Gasteiger partial charge in [0.25, 0.3) is 0 Å². The molecule has 11 heavy (non-hydrogen) atoms. The van der Waals surface area contributed by atoms with Crippen molar-refractivity contribution in [3.8, 4) is 0 Å². The number of halogens is 1. The van der Waals surface area contributed by atoms with Crippen LogP contribution >= 0.6 is 11.6 Å². The summed E-state index contributed by atoms with van der Waals surface area (Å²) in [6, 6.07) is 0. The van der Waals surface area contributed by atoms with Crippen LogP contribution in [-0.2, 0) is 0 Å². The molecule has 0 aromatic heterocycles. The number of aliphatic hydroxyl groups is 1. The predicted octanol–water partition coefficient (Wildman–Crippen LogP) is 0.848. The molecule has 0 bridgehead atoms. The van der Waals surface area contributed by atoms with Crippen LogP contribution in [0.1, 0.15) is 0 Å². The van der Waals surface area contributed by atoms with Crippen LogP contribution in [0.2, 0.25) is 0 Å². The average molecular weight is 179 g/mol. The van der Waals surface area contributed by atoms with E-state index in [9.17, 15) is 5.11 Å². The molecule has 0 aromatic rings. The van der Waals surface area contributed by atoms with Crippen LogP contribution in [0.3, 0.4) is 0 Å². The summed E-state index contributed by atoms with van der Waals surface area (Å²) in [4.78, 5) is 0. The van der Waals surface area contributed by atoms with Crippen molar-refractivity contribution in [3.05, 3.63) is 12.7 Å². The Morgan fingerprint density at radius 2 is 2.18 bits per heavy atom. The zero-order valence-electron chi connectivity index (χ0n) is 7.26. The van der Waals surface area contributed by atoms with Gasteiger partial charge in [0.2, 0.25) is 0 Å². The Bertz CT molecular complexity index is 125. The highest BCUT2D eigenvalue weighted by Crippen LogP contribution is 2.00. The second-order valence-electron chi connectivity index (χ2n) is 3.40. The van der Waals surface area contributed by atoms with Gasteiger partial charge in [-0.25, -0.2) is 0 Å². The summed E-state index contributed by atoms with van der Waals surface area (Å²) >= 11 is 5.47. The third kappa shape index (κ3) is 5.24. The van der Waals surface area contributed by atoms with Crippen molar-refractivity contribution in [2.75, 3.05) is 33.1 Å². The van der Waals surface area contributed by atoms with Crippen LogP contribution < -0.4 is 0 Å². The fourth-order valence-corrected chi connectivity index (χ4v) is 1.14. The number of hydrogen-bond donors (Lipinski definition) is 1. The summed E-state index contributed by atoms with van der Waals surface area (Å²) in [5.74, 6) is 0.304. The molecule has 0 radical (unpaired) electrons. The molecule has 1 unspecified atom stereocenters. The first-order valence-corrected chi connectivity index (χ1v) is 4.22. The summed E-state index contributed by atoms with van der Waals surface area (Å²) in [6.07, 6.45) is 1.44. The van der Waals surface area contributed by atoms with Gasteiger partial charge < -0.3 is 9.59 Å². The molecule has 0 heterocycles. The Balaban J connectivity index is 3.79. The number of aliphatic hydroxyl groups excluding tert-OH is 1. The number of quaternary nitrogens is 1. The zero-order valence-corrected chi connectivity index (χ0v) is 8.01. The monoisotopic (exact) mass is 178 g/mol. The lowest BCUT2D eigenvalue weighted by Gasteiger charge is -2.29. The maximum atomic E-state index is 9.24. The van der Waals surface area contributed by atoms with E-state index in [0.717, 1.165) is 11.0 Å². The quantitative estimate of drug-likeness (QED) is 0.376. The highest BCUT2D eigenvalue weighted by atomic mass is 35.5. The van der Waals surface area contributed by atoms with Crippen LogP contribution in [0.5, 0.6) is 0 Å². The number of hydrogen-bond acceptors (Lipinski definition) is 1. The molecule has 0 saturated carbocycles. The fourth-order valence-electron chi connectivity index (χ4n) is 1.04. The van der Waals surface area contributed by atoms with E-state index in [-0.39, 0.29) is 0 Å². The van der Waals surface area contributed by atoms with Gasteiger partial charge in [-0.1, -0.05) is 6.58 Å². The van der Waals surface area contributed by atoms with Gasteiger partial charge in [0.05, 0.1) is 26.5 Å². The minimum absolute atomic E-state index is 0.304. The molecule has 0 aliphatic carbocycles. The topological polar surface area (TPSA) is 20.2 Å². The molecule has 0 spiro atoms. The summed E-state index contributed by atoms with van der Waals surface area (Å²) in [5, 5.41) is 9.24. The van der Waals surface area contributed by atoms with E-state index in [1.807, 2.05) is 20.2 Å². The summed E-state index contributed by atoms with van der Waals surface area (Å²) in [7, 11) is 4.08. The van der Waals surface area contributed by atoms with E-state index in [0.29, 0.717) is 12.4 Å². The molecular formula is C8H17ClNO+. The molecule has 0 amide bonds. The second kappa shape index (κ2) is 4.75. The third-order valence-electron chi connectivity index (χ3n) is 1.51. The Morgan fingerprint density at radius 3 is 2.55 bits per heavy atom. The number of alkyl halides is 1. The summed E-state index contributed by atoms with van der Waals surface area (Å²) in [6.45, 7) is 5.18. The minimum Gasteiger partial charge on any atom is -0.386 e. The molecular weight excluding hydrogens is 162 g/mol. The van der Waals surface area contributed by atoms with Crippen molar-refractivity contribution in [2.45, 2.75) is 6.10 Å². The molecule has 1 N–H and O–H groups in total. The van der Waals surface area contributed by atoms with Crippen LogP contribution in [0.25, 0.3) is 0 Å². The SMILES string of the molecule is C=CC[N+](C)(C)CC(O)CCl. The average Bonchev–Trinajstić information content (AvgIpc) is 1.86. The second-order valence-corrected chi connectivity index (χ2v) is 3.71. The van der Waals surface area contributed by atoms with E-state index >= 15 is 0 Å². The van der Waals surface area contributed by atoms with Crippen LogP contribution in [0, 0.1) is 0 Å². The molecule has 0 saturated heterocycles. The van der Waals surface area contributed by atoms with Crippen molar-refractivity contribution >= 4 is 11.6 Å². The smallest absolute Gasteiger partial charge is 0.116 e.